The number of nitrogens with one attached hydrogen (secondary N) is 2. The summed E-state index contributed by atoms with van der Waals surface area (Å²) in [4.78, 5) is 13.8. The van der Waals surface area contributed by atoms with Gasteiger partial charge in [0.2, 0.25) is 0 Å². The number of aryl methyl sites for hydroxylation is 1. The first-order valence-corrected chi connectivity index (χ1v) is 10.5. The van der Waals surface area contributed by atoms with Crippen LogP contribution in [0.25, 0.3) is 0 Å². The lowest BCUT2D eigenvalue weighted by atomic mass is 9.96. The smallest absolute Gasteiger partial charge is 0.341 e. The van der Waals surface area contributed by atoms with E-state index in [4.69, 9.17) is 17.0 Å². The highest BCUT2D eigenvalue weighted by atomic mass is 32.1. The summed E-state index contributed by atoms with van der Waals surface area (Å²) in [5.41, 5.74) is 1.95. The highest BCUT2D eigenvalue weighted by molar-refractivity contribution is 7.80. The maximum absolute atomic E-state index is 13.9. The summed E-state index contributed by atoms with van der Waals surface area (Å²) in [7, 11) is 0. The second-order valence-corrected chi connectivity index (χ2v) is 7.91. The van der Waals surface area contributed by atoms with Gasteiger partial charge in [-0.05, 0) is 62.5 Å². The summed E-state index contributed by atoms with van der Waals surface area (Å²) in [5, 5.41) is 6.88. The number of fused-ring (bicyclic) bond motifs is 1. The molecule has 1 aromatic heterocycles. The first kappa shape index (κ1) is 19.8. The number of hydrogen-bond acceptors (Lipinski definition) is 4. The molecule has 7 heteroatoms. The van der Waals surface area contributed by atoms with Gasteiger partial charge in [-0.15, -0.1) is 11.3 Å². The number of benzene rings is 1. The number of ether oxygens (including phenoxy) is 1. The minimum Gasteiger partial charge on any atom is -0.462 e. The van der Waals surface area contributed by atoms with E-state index in [1.165, 1.54) is 23.8 Å². The zero-order valence-corrected chi connectivity index (χ0v) is 16.9. The van der Waals surface area contributed by atoms with Crippen LogP contribution in [-0.2, 0) is 17.6 Å². The fourth-order valence-electron chi connectivity index (χ4n) is 3.25. The predicted molar refractivity (Wildman–Crippen MR) is 112 cm³/mol. The zero-order valence-electron chi connectivity index (χ0n) is 15.3. The van der Waals surface area contributed by atoms with Crippen LogP contribution in [0.4, 0.5) is 15.1 Å². The van der Waals surface area contributed by atoms with Crippen molar-refractivity contribution in [2.24, 2.45) is 0 Å². The monoisotopic (exact) mass is 406 g/mol. The van der Waals surface area contributed by atoms with E-state index >= 15 is 0 Å². The van der Waals surface area contributed by atoms with Crippen molar-refractivity contribution >= 4 is 45.3 Å². The van der Waals surface area contributed by atoms with Crippen LogP contribution in [0.15, 0.2) is 24.3 Å². The molecule has 0 amide bonds. The van der Waals surface area contributed by atoms with E-state index in [0.717, 1.165) is 31.2 Å². The molecule has 0 spiro atoms. The van der Waals surface area contributed by atoms with E-state index in [-0.39, 0.29) is 16.9 Å². The van der Waals surface area contributed by atoms with Crippen LogP contribution in [0.5, 0.6) is 0 Å². The molecule has 2 N–H and O–H groups in total. The first-order chi connectivity index (χ1) is 13.1. The van der Waals surface area contributed by atoms with Gasteiger partial charge in [0.1, 0.15) is 10.8 Å². The molecule has 0 radical (unpaired) electrons. The fourth-order valence-corrected chi connectivity index (χ4v) is 4.80. The maximum Gasteiger partial charge on any atom is 0.341 e. The Kier molecular flexibility index (Phi) is 6.79. The number of thiophene rings is 1. The Morgan fingerprint density at radius 3 is 2.67 bits per heavy atom. The number of carbonyl (C=O) groups excluding carboxylic acids is 1. The summed E-state index contributed by atoms with van der Waals surface area (Å²) < 4.78 is 19.1. The van der Waals surface area contributed by atoms with Gasteiger partial charge in [0, 0.05) is 4.88 Å². The SMILES string of the molecule is CCOC(=O)c1c(NC(=S)Nc2ccccc2F)sc2c1CCCCCC2. The van der Waals surface area contributed by atoms with E-state index in [1.54, 1.807) is 36.5 Å². The standard InChI is InChI=1S/C20H23FN2O2S2/c1-2-25-19(24)17-13-9-5-3-4-6-12-16(13)27-18(17)23-20(26)22-15-11-8-7-10-14(15)21/h7-8,10-11H,2-6,9,12H2,1H3,(H2,22,23,26). The van der Waals surface area contributed by atoms with Crippen molar-refractivity contribution in [2.75, 3.05) is 17.2 Å². The van der Waals surface area contributed by atoms with Crippen molar-refractivity contribution in [3.05, 3.63) is 46.1 Å². The first-order valence-electron chi connectivity index (χ1n) is 9.24. The van der Waals surface area contributed by atoms with Crippen molar-refractivity contribution in [1.82, 2.24) is 0 Å². The van der Waals surface area contributed by atoms with Crippen molar-refractivity contribution in [1.29, 1.82) is 0 Å². The lowest BCUT2D eigenvalue weighted by molar-refractivity contribution is 0.0526. The van der Waals surface area contributed by atoms with Crippen LogP contribution in [0, 0.1) is 5.82 Å². The van der Waals surface area contributed by atoms with Crippen LogP contribution in [-0.4, -0.2) is 17.7 Å². The molecule has 0 fully saturated rings. The number of rotatable bonds is 4. The number of para-hydroxylation sites is 1. The number of carbonyl (C=O) groups is 1. The van der Waals surface area contributed by atoms with Gasteiger partial charge in [-0.2, -0.15) is 0 Å². The number of thiocarbonyl (C=S) groups is 1. The maximum atomic E-state index is 13.9. The average molecular weight is 407 g/mol. The molecule has 3 rings (SSSR count). The second kappa shape index (κ2) is 9.28. The van der Waals surface area contributed by atoms with Crippen LogP contribution in [0.3, 0.4) is 0 Å². The molecule has 0 atom stereocenters. The van der Waals surface area contributed by atoms with Gasteiger partial charge < -0.3 is 15.4 Å². The lowest BCUT2D eigenvalue weighted by Gasteiger charge is -2.13. The lowest BCUT2D eigenvalue weighted by Crippen LogP contribution is -2.21. The number of hydrogen-bond donors (Lipinski definition) is 2. The summed E-state index contributed by atoms with van der Waals surface area (Å²) >= 11 is 6.90. The summed E-state index contributed by atoms with van der Waals surface area (Å²) in [6.07, 6.45) is 6.40. The quantitative estimate of drug-likeness (QED) is 0.516. The van der Waals surface area contributed by atoms with Gasteiger partial charge in [-0.3, -0.25) is 0 Å². The molecule has 1 aromatic carbocycles. The molecule has 144 valence electrons. The fraction of sp³-hybridized carbons (Fsp3) is 0.400. The minimum atomic E-state index is -0.384. The van der Waals surface area contributed by atoms with Gasteiger partial charge in [0.05, 0.1) is 17.9 Å². The molecule has 27 heavy (non-hydrogen) atoms. The van der Waals surface area contributed by atoms with E-state index in [9.17, 15) is 9.18 Å². The Labute approximate surface area is 168 Å². The van der Waals surface area contributed by atoms with Gasteiger partial charge >= 0.3 is 5.97 Å². The average Bonchev–Trinajstić information content (AvgIpc) is 2.93. The third-order valence-corrected chi connectivity index (χ3v) is 5.91. The summed E-state index contributed by atoms with van der Waals surface area (Å²) in [5.74, 6) is -0.711. The van der Waals surface area contributed by atoms with Gasteiger partial charge in [-0.1, -0.05) is 25.0 Å². The van der Waals surface area contributed by atoms with Gasteiger partial charge in [0.25, 0.3) is 0 Å². The highest BCUT2D eigenvalue weighted by Crippen LogP contribution is 2.37. The number of anilines is 2. The Morgan fingerprint density at radius 1 is 1.19 bits per heavy atom. The van der Waals surface area contributed by atoms with E-state index in [1.807, 2.05) is 0 Å². The molecule has 1 aliphatic carbocycles. The molecular formula is C20H23FN2O2S2. The van der Waals surface area contributed by atoms with E-state index in [0.29, 0.717) is 22.9 Å². The number of esters is 1. The van der Waals surface area contributed by atoms with Crippen molar-refractivity contribution in [3.63, 3.8) is 0 Å². The van der Waals surface area contributed by atoms with Crippen molar-refractivity contribution in [2.45, 2.75) is 45.4 Å². The van der Waals surface area contributed by atoms with Crippen molar-refractivity contribution < 1.29 is 13.9 Å². The Hall–Kier alpha value is -1.99. The zero-order chi connectivity index (χ0) is 19.2. The molecule has 0 saturated heterocycles. The second-order valence-electron chi connectivity index (χ2n) is 6.40. The molecule has 0 bridgehead atoms. The molecule has 0 saturated carbocycles. The molecular weight excluding hydrogens is 383 g/mol. The van der Waals surface area contributed by atoms with Crippen LogP contribution >= 0.6 is 23.6 Å². The van der Waals surface area contributed by atoms with Crippen LogP contribution in [0.2, 0.25) is 0 Å². The Morgan fingerprint density at radius 2 is 1.93 bits per heavy atom. The Bertz CT molecular complexity index is 835. The molecule has 1 heterocycles. The van der Waals surface area contributed by atoms with E-state index < -0.39 is 0 Å². The predicted octanol–water partition coefficient (Wildman–Crippen LogP) is 5.53. The molecule has 0 aliphatic heterocycles. The molecule has 1 aliphatic rings. The third-order valence-electron chi connectivity index (χ3n) is 4.50. The Balaban J connectivity index is 1.87. The molecule has 2 aromatic rings. The molecule has 4 nitrogen and oxygen atoms in total. The van der Waals surface area contributed by atoms with Gasteiger partial charge in [-0.25, -0.2) is 9.18 Å². The summed E-state index contributed by atoms with van der Waals surface area (Å²) in [6.45, 7) is 2.12. The highest BCUT2D eigenvalue weighted by Gasteiger charge is 2.25. The third kappa shape index (κ3) is 4.84. The molecule has 0 unspecified atom stereocenters. The van der Waals surface area contributed by atoms with Crippen molar-refractivity contribution in [3.8, 4) is 0 Å². The van der Waals surface area contributed by atoms with E-state index in [2.05, 4.69) is 10.6 Å². The van der Waals surface area contributed by atoms with Crippen LogP contribution < -0.4 is 10.6 Å². The topological polar surface area (TPSA) is 50.4 Å². The largest absolute Gasteiger partial charge is 0.462 e. The van der Waals surface area contributed by atoms with Crippen LogP contribution in [0.1, 0.15) is 53.4 Å². The minimum absolute atomic E-state index is 0.250. The normalized spacial score (nSPS) is 13.9. The number of halogens is 1. The summed E-state index contributed by atoms with van der Waals surface area (Å²) in [6, 6.07) is 6.33. The van der Waals surface area contributed by atoms with Gasteiger partial charge in [0.15, 0.2) is 5.11 Å².